The lowest BCUT2D eigenvalue weighted by atomic mass is 9.86. The number of carbonyl (C=O) groups excluding carboxylic acids is 2. The maximum absolute atomic E-state index is 13.7. The number of methoxy groups -OCH3 is 10. The van der Waals surface area contributed by atoms with E-state index in [4.69, 9.17) is 94.7 Å². The Labute approximate surface area is 505 Å². The van der Waals surface area contributed by atoms with Gasteiger partial charge in [0.25, 0.3) is 0 Å². The second-order valence-electron chi connectivity index (χ2n) is 21.9. The molecule has 0 aromatic heterocycles. The molecule has 0 saturated carbocycles. The normalized spacial score (nSPS) is 23.1. The standard InChI is InChI=1S/C34H40O12.C31H36O10/c1-17(35)27-21(14-36-4)29(44-33-32(40-8)31-30(26(43-33)15-37-5)45-34(2,3)46-31)20-13-24(39-7)23(38-6)12-19(20)28(27)18-9-10-22-25(11-18)42-16-41-22;1-16-13-38-31(28(36-6)17(16)2)41-29-20-12-24(35-5)23(34-4)11-19(20)26(27(30(32)37-7)21(29)14-33-3)18-8-9-22-25(10-18)40-15-39-22/h9-13,26,30-33H,14-16H2,1-8H3;8-12,16-17,28,31H,13-15H2,1-7H3. The Morgan fingerprint density at radius 3 is 1.49 bits per heavy atom. The maximum atomic E-state index is 13.7. The number of fused-ring (bicyclic) bond motifs is 5. The molecule has 5 aliphatic heterocycles. The fourth-order valence-corrected chi connectivity index (χ4v) is 12.1. The van der Waals surface area contributed by atoms with Crippen LogP contribution in [0.1, 0.15) is 66.5 Å². The summed E-state index contributed by atoms with van der Waals surface area (Å²) in [7, 11) is 15.5. The summed E-state index contributed by atoms with van der Waals surface area (Å²) in [5.74, 6) is 3.90. The molecule has 0 radical (unpaired) electrons. The molecule has 6 aromatic carbocycles. The van der Waals surface area contributed by atoms with Crippen LogP contribution in [0.4, 0.5) is 0 Å². The Morgan fingerprint density at radius 1 is 0.552 bits per heavy atom. The molecule has 3 saturated heterocycles. The minimum Gasteiger partial charge on any atom is -0.493 e. The van der Waals surface area contributed by atoms with Crippen LogP contribution in [0.2, 0.25) is 0 Å². The third-order valence-corrected chi connectivity index (χ3v) is 16.4. The van der Waals surface area contributed by atoms with Gasteiger partial charge in [-0.2, -0.15) is 0 Å². The largest absolute Gasteiger partial charge is 0.493 e. The number of hydrogen-bond acceptors (Lipinski definition) is 22. The van der Waals surface area contributed by atoms with Gasteiger partial charge in [0.05, 0.1) is 67.5 Å². The third-order valence-electron chi connectivity index (χ3n) is 16.4. The highest BCUT2D eigenvalue weighted by atomic mass is 16.8. The van der Waals surface area contributed by atoms with Gasteiger partial charge in [0.2, 0.25) is 26.2 Å². The van der Waals surface area contributed by atoms with Gasteiger partial charge in [-0.1, -0.05) is 26.0 Å². The zero-order chi connectivity index (χ0) is 62.0. The molecule has 468 valence electrons. The first-order valence-electron chi connectivity index (χ1n) is 28.4. The van der Waals surface area contributed by atoms with E-state index >= 15 is 0 Å². The number of rotatable bonds is 20. The number of esters is 1. The van der Waals surface area contributed by atoms with Gasteiger partial charge in [0.15, 0.2) is 57.6 Å². The lowest BCUT2D eigenvalue weighted by Gasteiger charge is -2.41. The summed E-state index contributed by atoms with van der Waals surface area (Å²) in [6.45, 7) is 10.5. The van der Waals surface area contributed by atoms with Crippen molar-refractivity contribution in [2.75, 3.05) is 97.9 Å². The molecular formula is C65H76O22. The van der Waals surface area contributed by atoms with Gasteiger partial charge in [-0.3, -0.25) is 4.79 Å². The lowest BCUT2D eigenvalue weighted by molar-refractivity contribution is -0.261. The molecule has 0 aliphatic carbocycles. The monoisotopic (exact) mass is 1210 g/mol. The van der Waals surface area contributed by atoms with Crippen molar-refractivity contribution in [3.8, 4) is 79.7 Å². The van der Waals surface area contributed by atoms with Crippen LogP contribution < -0.4 is 47.4 Å². The van der Waals surface area contributed by atoms with E-state index in [-0.39, 0.29) is 62.7 Å². The summed E-state index contributed by atoms with van der Waals surface area (Å²) in [6.07, 6.45) is -4.27. The number of Topliss-reactive ketones (excluding diaryl/α,β-unsaturated/α-hetero) is 1. The highest BCUT2D eigenvalue weighted by molar-refractivity contribution is 6.15. The molecule has 3 fully saturated rings. The average Bonchev–Trinajstić information content (AvgIpc) is 1.21. The number of hydrogen-bond donors (Lipinski definition) is 0. The molecule has 22 nitrogen and oxygen atoms in total. The first-order valence-corrected chi connectivity index (χ1v) is 28.4. The minimum atomic E-state index is -0.980. The van der Waals surface area contributed by atoms with Crippen molar-refractivity contribution in [1.29, 1.82) is 0 Å². The summed E-state index contributed by atoms with van der Waals surface area (Å²) in [4.78, 5) is 27.3. The van der Waals surface area contributed by atoms with Gasteiger partial charge in [0.1, 0.15) is 42.0 Å². The number of carbonyl (C=O) groups is 2. The summed E-state index contributed by atoms with van der Waals surface area (Å²) < 4.78 is 118. The molecule has 0 bridgehead atoms. The van der Waals surface area contributed by atoms with Crippen molar-refractivity contribution in [2.24, 2.45) is 11.8 Å². The molecule has 0 spiro atoms. The molecule has 22 heteroatoms. The molecule has 9 atom stereocenters. The second kappa shape index (κ2) is 26.5. The van der Waals surface area contributed by atoms with Gasteiger partial charge in [-0.15, -0.1) is 0 Å². The highest BCUT2D eigenvalue weighted by Crippen LogP contribution is 2.52. The average molecular weight is 1210 g/mol. The van der Waals surface area contributed by atoms with Gasteiger partial charge in [0, 0.05) is 74.1 Å². The van der Waals surface area contributed by atoms with Crippen LogP contribution in [0.3, 0.4) is 0 Å². The number of ether oxygens (including phenoxy) is 20. The van der Waals surface area contributed by atoms with Crippen molar-refractivity contribution in [3.05, 3.63) is 82.9 Å². The van der Waals surface area contributed by atoms with Crippen LogP contribution in [-0.2, 0) is 60.6 Å². The molecule has 11 rings (SSSR count). The SMILES string of the molecule is COCc1c(C(=O)OC)c(-c2ccc3c(c2)OCO3)c2cc(OC)c(OC)cc2c1OC1OCC(C)C(C)C1OC.COCc1c(C(C)=O)c(-c2ccc3c(c2)OCO3)c2cc(OC)c(OC)cc2c1OC1OC(COC)C2OC(C)(C)OC2C1OC. The van der Waals surface area contributed by atoms with Gasteiger partial charge in [-0.05, 0) is 103 Å². The third kappa shape index (κ3) is 11.9. The van der Waals surface area contributed by atoms with Crippen LogP contribution >= 0.6 is 0 Å². The Kier molecular flexibility index (Phi) is 19.1. The van der Waals surface area contributed by atoms with E-state index < -0.39 is 48.8 Å². The van der Waals surface area contributed by atoms with E-state index in [9.17, 15) is 9.59 Å². The smallest absolute Gasteiger partial charge is 0.339 e. The second-order valence-corrected chi connectivity index (χ2v) is 21.9. The molecule has 87 heavy (non-hydrogen) atoms. The summed E-state index contributed by atoms with van der Waals surface area (Å²) in [5.41, 5.74) is 4.41. The number of benzene rings is 6. The molecule has 0 N–H and O–H groups in total. The minimum absolute atomic E-state index is 0.0522. The summed E-state index contributed by atoms with van der Waals surface area (Å²) >= 11 is 0. The predicted molar refractivity (Wildman–Crippen MR) is 315 cm³/mol. The molecule has 9 unspecified atom stereocenters. The van der Waals surface area contributed by atoms with Gasteiger partial charge < -0.3 is 94.7 Å². The van der Waals surface area contributed by atoms with Crippen molar-refractivity contribution in [3.63, 3.8) is 0 Å². The molecule has 0 amide bonds. The quantitative estimate of drug-likeness (QED) is 0.0513. The number of ketones is 1. The Morgan fingerprint density at radius 2 is 1.02 bits per heavy atom. The predicted octanol–water partition coefficient (Wildman–Crippen LogP) is 10.1. The maximum Gasteiger partial charge on any atom is 0.339 e. The molecule has 6 aromatic rings. The van der Waals surface area contributed by atoms with Gasteiger partial charge in [-0.25, -0.2) is 4.79 Å². The van der Waals surface area contributed by atoms with Crippen molar-refractivity contribution < 1.29 is 104 Å². The summed E-state index contributed by atoms with van der Waals surface area (Å²) in [5, 5.41) is 2.65. The Bertz CT molecular complexity index is 3510. The van der Waals surface area contributed by atoms with Crippen LogP contribution in [0, 0.1) is 11.8 Å². The van der Waals surface area contributed by atoms with Crippen LogP contribution in [0.15, 0.2) is 60.7 Å². The molecule has 5 heterocycles. The van der Waals surface area contributed by atoms with E-state index in [0.717, 1.165) is 5.56 Å². The fourth-order valence-electron chi connectivity index (χ4n) is 12.1. The van der Waals surface area contributed by atoms with Crippen molar-refractivity contribution in [2.45, 2.75) is 96.7 Å². The highest BCUT2D eigenvalue weighted by Gasteiger charge is 2.57. The molecular weight excluding hydrogens is 1130 g/mol. The van der Waals surface area contributed by atoms with Crippen molar-refractivity contribution in [1.82, 2.24) is 0 Å². The zero-order valence-corrected chi connectivity index (χ0v) is 51.7. The van der Waals surface area contributed by atoms with E-state index in [0.29, 0.717) is 119 Å². The van der Waals surface area contributed by atoms with Crippen LogP contribution in [-0.4, -0.2) is 159 Å². The van der Waals surface area contributed by atoms with Crippen LogP contribution in [0.25, 0.3) is 43.8 Å². The van der Waals surface area contributed by atoms with Crippen molar-refractivity contribution >= 4 is 33.3 Å². The van der Waals surface area contributed by atoms with E-state index in [2.05, 4.69) is 13.8 Å². The topological polar surface area (TPSA) is 219 Å². The first-order chi connectivity index (χ1) is 42.0. The Balaban J connectivity index is 0.000000194. The van der Waals surface area contributed by atoms with E-state index in [1.165, 1.54) is 14.0 Å². The van der Waals surface area contributed by atoms with Gasteiger partial charge >= 0.3 is 5.97 Å². The van der Waals surface area contributed by atoms with E-state index in [1.54, 1.807) is 64.0 Å². The zero-order valence-electron chi connectivity index (χ0n) is 51.7. The fraction of sp³-hybridized carbons (Fsp3) is 0.477. The molecule has 5 aliphatic rings. The lowest BCUT2D eigenvalue weighted by Crippen LogP contribution is -2.59. The first kappa shape index (κ1) is 62.7. The summed E-state index contributed by atoms with van der Waals surface area (Å²) in [6, 6.07) is 18.4. The van der Waals surface area contributed by atoms with Crippen LogP contribution in [0.5, 0.6) is 57.5 Å². The Hall–Kier alpha value is -7.38. The van der Waals surface area contributed by atoms with E-state index in [1.807, 2.05) is 74.5 Å².